The highest BCUT2D eigenvalue weighted by molar-refractivity contribution is 5.47. The van der Waals surface area contributed by atoms with E-state index in [4.69, 9.17) is 0 Å². The van der Waals surface area contributed by atoms with Gasteiger partial charge in [-0.2, -0.15) is 22.0 Å². The maximum absolute atomic E-state index is 12.7. The molecule has 0 saturated heterocycles. The Kier molecular flexibility index (Phi) is 4.90. The van der Waals surface area contributed by atoms with Crippen molar-refractivity contribution < 1.29 is 26.7 Å². The summed E-state index contributed by atoms with van der Waals surface area (Å²) in [6, 6.07) is 5.51. The fraction of sp³-hybridized carbons (Fsp3) is 0.571. The fourth-order valence-corrected chi connectivity index (χ4v) is 2.59. The molecule has 2 atom stereocenters. The van der Waals surface area contributed by atoms with Crippen LogP contribution in [-0.2, 0) is 0 Å². The Balaban J connectivity index is 1.92. The predicted octanol–water partition coefficient (Wildman–Crippen LogP) is 4.82. The van der Waals surface area contributed by atoms with Gasteiger partial charge in [-0.15, -0.1) is 0 Å². The maximum Gasteiger partial charge on any atom is 0.391 e. The first-order valence-electron chi connectivity index (χ1n) is 6.72. The highest BCUT2D eigenvalue weighted by Gasteiger charge is 2.42. The van der Waals surface area contributed by atoms with Crippen LogP contribution in [0.1, 0.15) is 25.7 Å². The molecule has 1 aromatic rings. The Hall–Kier alpha value is -1.53. The lowest BCUT2D eigenvalue weighted by atomic mass is 9.85. The van der Waals surface area contributed by atoms with Gasteiger partial charge in [0.25, 0.3) is 0 Å². The zero-order chi connectivity index (χ0) is 15.5. The number of alkyl halides is 5. The van der Waals surface area contributed by atoms with Crippen molar-refractivity contribution in [1.29, 1.82) is 0 Å². The van der Waals surface area contributed by atoms with E-state index in [0.717, 1.165) is 0 Å². The van der Waals surface area contributed by atoms with E-state index in [9.17, 15) is 22.0 Å². The zero-order valence-electron chi connectivity index (χ0n) is 11.2. The van der Waals surface area contributed by atoms with Crippen molar-refractivity contribution in [3.63, 3.8) is 0 Å². The Morgan fingerprint density at radius 3 is 2.33 bits per heavy atom. The molecular weight excluding hydrogens is 293 g/mol. The monoisotopic (exact) mass is 309 g/mol. The number of benzene rings is 1. The van der Waals surface area contributed by atoms with Gasteiger partial charge in [0.05, 0.1) is 5.92 Å². The highest BCUT2D eigenvalue weighted by atomic mass is 19.4. The topological polar surface area (TPSA) is 21.3 Å². The third kappa shape index (κ3) is 4.75. The minimum Gasteiger partial charge on any atom is -0.435 e. The largest absolute Gasteiger partial charge is 0.435 e. The summed E-state index contributed by atoms with van der Waals surface area (Å²) >= 11 is 0. The fourth-order valence-electron chi connectivity index (χ4n) is 2.59. The van der Waals surface area contributed by atoms with Gasteiger partial charge in [-0.1, -0.05) is 6.42 Å². The summed E-state index contributed by atoms with van der Waals surface area (Å²) < 4.78 is 66.4. The summed E-state index contributed by atoms with van der Waals surface area (Å²) in [4.78, 5) is 0. The molecule has 21 heavy (non-hydrogen) atoms. The second-order valence-corrected chi connectivity index (χ2v) is 5.15. The molecule has 1 aliphatic rings. The van der Waals surface area contributed by atoms with Crippen LogP contribution >= 0.6 is 0 Å². The lowest BCUT2D eigenvalue weighted by Crippen LogP contribution is -2.34. The van der Waals surface area contributed by atoms with E-state index < -0.39 is 18.7 Å². The normalized spacial score (nSPS) is 23.1. The van der Waals surface area contributed by atoms with Gasteiger partial charge in [-0.3, -0.25) is 0 Å². The molecule has 0 bridgehead atoms. The van der Waals surface area contributed by atoms with Crippen molar-refractivity contribution in [1.82, 2.24) is 0 Å². The molecule has 1 N–H and O–H groups in total. The van der Waals surface area contributed by atoms with Crippen LogP contribution in [0.25, 0.3) is 0 Å². The van der Waals surface area contributed by atoms with E-state index in [1.54, 1.807) is 0 Å². The Morgan fingerprint density at radius 1 is 1.10 bits per heavy atom. The number of rotatable bonds is 4. The Labute approximate surface area is 119 Å². The predicted molar refractivity (Wildman–Crippen MR) is 68.5 cm³/mol. The average molecular weight is 309 g/mol. The smallest absolute Gasteiger partial charge is 0.391 e. The van der Waals surface area contributed by atoms with Crippen LogP contribution in [-0.4, -0.2) is 18.8 Å². The van der Waals surface area contributed by atoms with Gasteiger partial charge in [0.1, 0.15) is 5.75 Å². The summed E-state index contributed by atoms with van der Waals surface area (Å²) in [6.07, 6.45) is -2.76. The molecule has 0 aliphatic heterocycles. The standard InChI is InChI=1S/C14H16F5NO/c15-13(16)21-12-6-4-10(5-7-12)20-11-3-1-2-9(8-11)14(17,18)19/h4-7,9,11,13,20H,1-3,8H2. The van der Waals surface area contributed by atoms with Gasteiger partial charge in [-0.25, -0.2) is 0 Å². The molecule has 1 aromatic carbocycles. The summed E-state index contributed by atoms with van der Waals surface area (Å²) in [5.41, 5.74) is 0.601. The highest BCUT2D eigenvalue weighted by Crippen LogP contribution is 2.38. The maximum atomic E-state index is 12.7. The molecule has 118 valence electrons. The Morgan fingerprint density at radius 2 is 1.76 bits per heavy atom. The van der Waals surface area contributed by atoms with Gasteiger partial charge in [0, 0.05) is 11.7 Å². The van der Waals surface area contributed by atoms with Crippen LogP contribution in [0.4, 0.5) is 27.6 Å². The quantitative estimate of drug-likeness (QED) is 0.805. The van der Waals surface area contributed by atoms with E-state index >= 15 is 0 Å². The number of hydrogen-bond donors (Lipinski definition) is 1. The first kappa shape index (κ1) is 15.9. The van der Waals surface area contributed by atoms with Crippen LogP contribution in [0.5, 0.6) is 5.75 Å². The van der Waals surface area contributed by atoms with Gasteiger partial charge in [-0.05, 0) is 43.5 Å². The zero-order valence-corrected chi connectivity index (χ0v) is 11.2. The van der Waals surface area contributed by atoms with Crippen LogP contribution in [0, 0.1) is 5.92 Å². The SMILES string of the molecule is FC(F)Oc1ccc(NC2CCCC(C(F)(F)F)C2)cc1. The summed E-state index contributed by atoms with van der Waals surface area (Å²) in [6.45, 7) is -2.89. The minimum atomic E-state index is -4.16. The molecule has 0 amide bonds. The van der Waals surface area contributed by atoms with E-state index in [-0.39, 0.29) is 24.6 Å². The molecule has 1 aliphatic carbocycles. The molecule has 0 spiro atoms. The molecule has 1 saturated carbocycles. The molecule has 1 fully saturated rings. The van der Waals surface area contributed by atoms with Crippen molar-refractivity contribution >= 4 is 5.69 Å². The number of hydrogen-bond acceptors (Lipinski definition) is 2. The number of halogens is 5. The minimum absolute atomic E-state index is 0.0207. The third-order valence-electron chi connectivity index (χ3n) is 3.59. The van der Waals surface area contributed by atoms with Crippen molar-refractivity contribution in [2.24, 2.45) is 5.92 Å². The molecule has 0 radical (unpaired) electrons. The van der Waals surface area contributed by atoms with Gasteiger partial charge in [0.15, 0.2) is 0 Å². The molecule has 2 nitrogen and oxygen atoms in total. The second kappa shape index (κ2) is 6.49. The lowest BCUT2D eigenvalue weighted by Gasteiger charge is -2.31. The van der Waals surface area contributed by atoms with E-state index in [1.807, 2.05) is 0 Å². The summed E-state index contributed by atoms with van der Waals surface area (Å²) in [5.74, 6) is -1.25. The number of anilines is 1. The van der Waals surface area contributed by atoms with Crippen molar-refractivity contribution in [3.8, 4) is 5.75 Å². The molecule has 2 rings (SSSR count). The van der Waals surface area contributed by atoms with Crippen molar-refractivity contribution in [2.45, 2.75) is 44.5 Å². The summed E-state index contributed by atoms with van der Waals surface area (Å²) in [7, 11) is 0. The van der Waals surface area contributed by atoms with Crippen LogP contribution < -0.4 is 10.1 Å². The van der Waals surface area contributed by atoms with E-state index in [2.05, 4.69) is 10.1 Å². The third-order valence-corrected chi connectivity index (χ3v) is 3.59. The molecule has 0 aromatic heterocycles. The van der Waals surface area contributed by atoms with Crippen molar-refractivity contribution in [3.05, 3.63) is 24.3 Å². The molecule has 0 heterocycles. The van der Waals surface area contributed by atoms with Gasteiger partial charge >= 0.3 is 12.8 Å². The molecule has 2 unspecified atom stereocenters. The first-order valence-corrected chi connectivity index (χ1v) is 6.72. The lowest BCUT2D eigenvalue weighted by molar-refractivity contribution is -0.182. The Bertz CT molecular complexity index is 446. The molecule has 7 heteroatoms. The van der Waals surface area contributed by atoms with Gasteiger partial charge < -0.3 is 10.1 Å². The van der Waals surface area contributed by atoms with Crippen LogP contribution in [0.2, 0.25) is 0 Å². The average Bonchev–Trinajstić information content (AvgIpc) is 2.40. The van der Waals surface area contributed by atoms with E-state index in [0.29, 0.717) is 18.5 Å². The van der Waals surface area contributed by atoms with Crippen LogP contribution in [0.3, 0.4) is 0 Å². The van der Waals surface area contributed by atoms with Gasteiger partial charge in [0.2, 0.25) is 0 Å². The summed E-state index contributed by atoms with van der Waals surface area (Å²) in [5, 5.41) is 3.02. The van der Waals surface area contributed by atoms with E-state index in [1.165, 1.54) is 24.3 Å². The second-order valence-electron chi connectivity index (χ2n) is 5.15. The number of ether oxygens (including phenoxy) is 1. The molecular formula is C14H16F5NO. The first-order chi connectivity index (χ1) is 9.84. The van der Waals surface area contributed by atoms with Crippen LogP contribution in [0.15, 0.2) is 24.3 Å². The number of nitrogens with one attached hydrogen (secondary N) is 1. The van der Waals surface area contributed by atoms with Crippen molar-refractivity contribution in [2.75, 3.05) is 5.32 Å².